The summed E-state index contributed by atoms with van der Waals surface area (Å²) in [5.41, 5.74) is 3.69. The van der Waals surface area contributed by atoms with Crippen LogP contribution in [0.3, 0.4) is 0 Å². The summed E-state index contributed by atoms with van der Waals surface area (Å²) in [6, 6.07) is 0. The van der Waals surface area contributed by atoms with Crippen LogP contribution in [0.25, 0.3) is 0 Å². The van der Waals surface area contributed by atoms with Crippen molar-refractivity contribution in [2.75, 3.05) is 0 Å². The fraction of sp³-hybridized carbons (Fsp3) is 1.00. The van der Waals surface area contributed by atoms with Crippen LogP contribution in [0, 0.1) is 0 Å². The lowest BCUT2D eigenvalue weighted by Crippen LogP contribution is -2.44. The van der Waals surface area contributed by atoms with Crippen LogP contribution in [-0.2, 0) is 0 Å². The number of rotatable bonds is 3. The van der Waals surface area contributed by atoms with Crippen molar-refractivity contribution >= 4 is 8.07 Å². The maximum atomic E-state index is 2.86. The molecule has 0 unspecified atom stereocenters. The normalized spacial score (nSPS) is 29.5. The molecule has 0 saturated heterocycles. The minimum absolute atomic E-state index is 0.950. The molecule has 0 radical (unpaired) electrons. The summed E-state index contributed by atoms with van der Waals surface area (Å²) in [4.78, 5) is 0. The molecule has 0 aromatic heterocycles. The molecule has 3 rings (SSSR count). The highest BCUT2D eigenvalue weighted by atomic mass is 28.3. The topological polar surface area (TPSA) is 0 Å². The van der Waals surface area contributed by atoms with E-state index in [2.05, 4.69) is 6.55 Å². The zero-order valence-electron chi connectivity index (χ0n) is 11.7. The third kappa shape index (κ3) is 2.13. The summed E-state index contributed by atoms with van der Waals surface area (Å²) in [7, 11) is -0.950. The van der Waals surface area contributed by atoms with Gasteiger partial charge in [0.1, 0.15) is 0 Å². The SMILES string of the molecule is C[Si](C1CCCC1)(C1CCCC1)C1CCCC1. The lowest BCUT2D eigenvalue weighted by atomic mass is 10.3. The predicted octanol–water partition coefficient (Wildman–Crippen LogP) is 5.90. The average Bonchev–Trinajstić information content (AvgIpc) is 3.10. The highest BCUT2D eigenvalue weighted by molar-refractivity contribution is 6.82. The van der Waals surface area contributed by atoms with Gasteiger partial charge in [0.15, 0.2) is 0 Å². The Bertz CT molecular complexity index is 201. The lowest BCUT2D eigenvalue weighted by Gasteiger charge is -2.44. The molecule has 0 N–H and O–H groups in total. The van der Waals surface area contributed by atoms with Crippen molar-refractivity contribution in [2.45, 2.75) is 100 Å². The van der Waals surface area contributed by atoms with E-state index in [1.165, 1.54) is 16.6 Å². The van der Waals surface area contributed by atoms with Crippen molar-refractivity contribution < 1.29 is 0 Å². The van der Waals surface area contributed by atoms with Gasteiger partial charge in [-0.2, -0.15) is 0 Å². The molecular weight excluding hydrogens is 220 g/mol. The summed E-state index contributed by atoms with van der Waals surface area (Å²) in [6.07, 6.45) is 19.1. The Labute approximate surface area is 109 Å². The fourth-order valence-electron chi connectivity index (χ4n) is 5.64. The van der Waals surface area contributed by atoms with Gasteiger partial charge < -0.3 is 0 Å². The van der Waals surface area contributed by atoms with E-state index in [9.17, 15) is 0 Å². The van der Waals surface area contributed by atoms with Crippen LogP contribution in [0.2, 0.25) is 23.2 Å². The molecule has 0 nitrogen and oxygen atoms in total. The molecule has 0 amide bonds. The Kier molecular flexibility index (Phi) is 3.66. The molecular formula is C16H30Si. The Balaban J connectivity index is 1.81. The van der Waals surface area contributed by atoms with Gasteiger partial charge >= 0.3 is 0 Å². The maximum absolute atomic E-state index is 2.86. The van der Waals surface area contributed by atoms with E-state index in [0.29, 0.717) is 0 Å². The quantitative estimate of drug-likeness (QED) is 0.547. The standard InChI is InChI=1S/C16H30Si/c1-17(14-8-2-3-9-14,15-10-4-5-11-15)16-12-6-7-13-16/h14-16H,2-13H2,1H3. The summed E-state index contributed by atoms with van der Waals surface area (Å²) in [5.74, 6) is 0. The molecule has 0 atom stereocenters. The van der Waals surface area contributed by atoms with E-state index in [1.54, 1.807) is 77.0 Å². The van der Waals surface area contributed by atoms with Crippen molar-refractivity contribution in [1.29, 1.82) is 0 Å². The number of hydrogen-bond donors (Lipinski definition) is 0. The van der Waals surface area contributed by atoms with E-state index >= 15 is 0 Å². The van der Waals surface area contributed by atoms with Gasteiger partial charge in [0.2, 0.25) is 0 Å². The maximum Gasteiger partial charge on any atom is 0.0598 e. The van der Waals surface area contributed by atoms with Crippen LogP contribution in [-0.4, -0.2) is 8.07 Å². The van der Waals surface area contributed by atoms with Gasteiger partial charge in [-0.15, -0.1) is 0 Å². The summed E-state index contributed by atoms with van der Waals surface area (Å²) < 4.78 is 0. The van der Waals surface area contributed by atoms with Crippen LogP contribution in [0.15, 0.2) is 0 Å². The van der Waals surface area contributed by atoms with Crippen molar-refractivity contribution in [3.63, 3.8) is 0 Å². The van der Waals surface area contributed by atoms with E-state index in [1.807, 2.05) is 0 Å². The van der Waals surface area contributed by atoms with Crippen LogP contribution in [0.1, 0.15) is 77.0 Å². The molecule has 0 aromatic carbocycles. The molecule has 0 bridgehead atoms. The summed E-state index contributed by atoms with van der Waals surface area (Å²) >= 11 is 0. The second kappa shape index (κ2) is 5.07. The first-order valence-electron chi connectivity index (χ1n) is 8.32. The first kappa shape index (κ1) is 12.3. The van der Waals surface area contributed by atoms with Gasteiger partial charge in [0.25, 0.3) is 0 Å². The highest BCUT2D eigenvalue weighted by Crippen LogP contribution is 2.58. The van der Waals surface area contributed by atoms with E-state index in [4.69, 9.17) is 0 Å². The van der Waals surface area contributed by atoms with E-state index < -0.39 is 8.07 Å². The molecule has 3 aliphatic carbocycles. The molecule has 98 valence electrons. The Hall–Kier alpha value is 0.217. The second-order valence-corrected chi connectivity index (χ2v) is 12.5. The van der Waals surface area contributed by atoms with E-state index in [-0.39, 0.29) is 0 Å². The fourth-order valence-corrected chi connectivity index (χ4v) is 12.6. The van der Waals surface area contributed by atoms with Gasteiger partial charge in [-0.1, -0.05) is 83.6 Å². The molecule has 3 fully saturated rings. The van der Waals surface area contributed by atoms with Gasteiger partial charge in [-0.25, -0.2) is 0 Å². The highest BCUT2D eigenvalue weighted by Gasteiger charge is 2.50. The Morgan fingerprint density at radius 2 is 0.765 bits per heavy atom. The van der Waals surface area contributed by atoms with Gasteiger partial charge in [-0.05, 0) is 16.6 Å². The number of hydrogen-bond acceptors (Lipinski definition) is 0. The first-order valence-corrected chi connectivity index (χ1v) is 11.0. The van der Waals surface area contributed by atoms with Gasteiger partial charge in [0, 0.05) is 0 Å². The minimum Gasteiger partial charge on any atom is -0.0685 e. The molecule has 3 aliphatic rings. The third-order valence-corrected chi connectivity index (χ3v) is 13.7. The molecule has 0 aromatic rings. The lowest BCUT2D eigenvalue weighted by molar-refractivity contribution is 0.679. The van der Waals surface area contributed by atoms with Crippen molar-refractivity contribution in [3.05, 3.63) is 0 Å². The van der Waals surface area contributed by atoms with Crippen LogP contribution >= 0.6 is 0 Å². The van der Waals surface area contributed by atoms with E-state index in [0.717, 1.165) is 0 Å². The Morgan fingerprint density at radius 1 is 0.529 bits per heavy atom. The van der Waals surface area contributed by atoms with Crippen molar-refractivity contribution in [1.82, 2.24) is 0 Å². The molecule has 0 spiro atoms. The first-order chi connectivity index (χ1) is 8.32. The summed E-state index contributed by atoms with van der Waals surface area (Å²) in [6.45, 7) is 2.86. The molecule has 0 heterocycles. The zero-order chi connectivity index (χ0) is 11.7. The van der Waals surface area contributed by atoms with Crippen LogP contribution < -0.4 is 0 Å². The van der Waals surface area contributed by atoms with Gasteiger partial charge in [-0.3, -0.25) is 0 Å². The van der Waals surface area contributed by atoms with Crippen LogP contribution in [0.5, 0.6) is 0 Å². The monoisotopic (exact) mass is 250 g/mol. The van der Waals surface area contributed by atoms with Crippen LogP contribution in [0.4, 0.5) is 0 Å². The molecule has 3 saturated carbocycles. The van der Waals surface area contributed by atoms with Gasteiger partial charge in [0.05, 0.1) is 8.07 Å². The van der Waals surface area contributed by atoms with Crippen molar-refractivity contribution in [2.24, 2.45) is 0 Å². The average molecular weight is 251 g/mol. The third-order valence-electron chi connectivity index (χ3n) is 6.70. The molecule has 0 aliphatic heterocycles. The minimum atomic E-state index is -0.950. The van der Waals surface area contributed by atoms with Crippen molar-refractivity contribution in [3.8, 4) is 0 Å². The summed E-state index contributed by atoms with van der Waals surface area (Å²) in [5, 5.41) is 0. The predicted molar refractivity (Wildman–Crippen MR) is 78.3 cm³/mol. The molecule has 1 heteroatoms. The zero-order valence-corrected chi connectivity index (χ0v) is 12.7. The second-order valence-electron chi connectivity index (χ2n) is 7.31. The molecule has 17 heavy (non-hydrogen) atoms. The largest absolute Gasteiger partial charge is 0.0685 e. The smallest absolute Gasteiger partial charge is 0.0598 e. The Morgan fingerprint density at radius 3 is 1.00 bits per heavy atom.